The Balaban J connectivity index is 1.75. The zero-order valence-electron chi connectivity index (χ0n) is 13.9. The lowest BCUT2D eigenvalue weighted by Gasteiger charge is -2.36. The minimum atomic E-state index is 0.0164. The van der Waals surface area contributed by atoms with Crippen molar-refractivity contribution in [2.24, 2.45) is 5.92 Å². The van der Waals surface area contributed by atoms with Gasteiger partial charge in [-0.25, -0.2) is 0 Å². The first-order valence-corrected chi connectivity index (χ1v) is 8.34. The maximum Gasteiger partial charge on any atom is 0.230 e. The van der Waals surface area contributed by atoms with Gasteiger partial charge in [-0.05, 0) is 37.3 Å². The van der Waals surface area contributed by atoms with Gasteiger partial charge in [0, 0.05) is 38.5 Å². The molecule has 23 heavy (non-hydrogen) atoms. The predicted octanol–water partition coefficient (Wildman–Crippen LogP) is 2.23. The number of hydrogen-bond acceptors (Lipinski definition) is 3. The molecule has 2 heterocycles. The number of fused-ring (bicyclic) bond motifs is 1. The van der Waals surface area contributed by atoms with E-state index >= 15 is 0 Å². The summed E-state index contributed by atoms with van der Waals surface area (Å²) in [5.41, 5.74) is 2.21. The Morgan fingerprint density at radius 1 is 1.17 bits per heavy atom. The van der Waals surface area contributed by atoms with E-state index in [9.17, 15) is 9.59 Å². The van der Waals surface area contributed by atoms with Gasteiger partial charge in [-0.3, -0.25) is 9.59 Å². The predicted molar refractivity (Wildman–Crippen MR) is 88.6 cm³/mol. The molecule has 2 amide bonds. The molecule has 0 spiro atoms. The Kier molecular flexibility index (Phi) is 4.55. The van der Waals surface area contributed by atoms with Crippen molar-refractivity contribution in [3.8, 4) is 5.75 Å². The van der Waals surface area contributed by atoms with Crippen molar-refractivity contribution < 1.29 is 14.3 Å². The second-order valence-corrected chi connectivity index (χ2v) is 6.37. The fourth-order valence-electron chi connectivity index (χ4n) is 3.57. The second kappa shape index (κ2) is 6.60. The summed E-state index contributed by atoms with van der Waals surface area (Å²) in [6.07, 6.45) is 3.52. The molecule has 5 heteroatoms. The highest BCUT2D eigenvalue weighted by Crippen LogP contribution is 2.33. The lowest BCUT2D eigenvalue weighted by atomic mass is 9.93. The van der Waals surface area contributed by atoms with Crippen molar-refractivity contribution in [3.05, 3.63) is 23.8 Å². The van der Waals surface area contributed by atoms with Gasteiger partial charge in [-0.2, -0.15) is 0 Å². The van der Waals surface area contributed by atoms with E-state index < -0.39 is 0 Å². The summed E-state index contributed by atoms with van der Waals surface area (Å²) in [5, 5.41) is 0. The standard InChI is InChI=1S/C18H24N2O3/c1-13(21)19-10-7-15(8-11-19)18(22)20-9-3-4-14-5-6-16(23-2)12-17(14)20/h5-6,12,15H,3-4,7-11H2,1-2H3. The van der Waals surface area contributed by atoms with Crippen LogP contribution in [0, 0.1) is 5.92 Å². The lowest BCUT2D eigenvalue weighted by Crippen LogP contribution is -2.45. The average Bonchev–Trinajstić information content (AvgIpc) is 2.60. The van der Waals surface area contributed by atoms with Crippen molar-refractivity contribution in [3.63, 3.8) is 0 Å². The number of ether oxygens (including phenoxy) is 1. The highest BCUT2D eigenvalue weighted by molar-refractivity contribution is 5.96. The number of carbonyl (C=O) groups is 2. The summed E-state index contributed by atoms with van der Waals surface area (Å²) in [5.74, 6) is 1.10. The molecule has 0 aromatic heterocycles. The fraction of sp³-hybridized carbons (Fsp3) is 0.556. The van der Waals surface area contributed by atoms with Gasteiger partial charge in [0.15, 0.2) is 0 Å². The first-order chi connectivity index (χ1) is 11.1. The molecule has 0 bridgehead atoms. The molecule has 0 N–H and O–H groups in total. The number of amides is 2. The van der Waals surface area contributed by atoms with Crippen LogP contribution in [0.5, 0.6) is 5.75 Å². The maximum atomic E-state index is 13.0. The van der Waals surface area contributed by atoms with Crippen molar-refractivity contribution >= 4 is 17.5 Å². The zero-order chi connectivity index (χ0) is 16.4. The number of anilines is 1. The highest BCUT2D eigenvalue weighted by atomic mass is 16.5. The molecule has 5 nitrogen and oxygen atoms in total. The van der Waals surface area contributed by atoms with Crippen LogP contribution in [0.1, 0.15) is 31.7 Å². The fourth-order valence-corrected chi connectivity index (χ4v) is 3.57. The van der Waals surface area contributed by atoms with Crippen LogP contribution in [-0.4, -0.2) is 43.5 Å². The SMILES string of the molecule is COc1ccc2c(c1)N(C(=O)C1CCN(C(C)=O)CC1)CCC2. The van der Waals surface area contributed by atoms with E-state index in [0.717, 1.165) is 43.7 Å². The van der Waals surface area contributed by atoms with Crippen LogP contribution in [0.25, 0.3) is 0 Å². The molecule has 0 unspecified atom stereocenters. The van der Waals surface area contributed by atoms with E-state index in [1.165, 1.54) is 5.56 Å². The third-order valence-electron chi connectivity index (χ3n) is 4.97. The summed E-state index contributed by atoms with van der Waals surface area (Å²) in [6.45, 7) is 3.73. The maximum absolute atomic E-state index is 13.0. The smallest absolute Gasteiger partial charge is 0.230 e. The highest BCUT2D eigenvalue weighted by Gasteiger charge is 2.32. The van der Waals surface area contributed by atoms with Gasteiger partial charge < -0.3 is 14.5 Å². The van der Waals surface area contributed by atoms with Gasteiger partial charge in [0.1, 0.15) is 5.75 Å². The Bertz CT molecular complexity index is 606. The van der Waals surface area contributed by atoms with Crippen molar-refractivity contribution in [1.29, 1.82) is 0 Å². The van der Waals surface area contributed by atoms with E-state index in [1.54, 1.807) is 14.0 Å². The lowest BCUT2D eigenvalue weighted by molar-refractivity contribution is -0.133. The average molecular weight is 316 g/mol. The van der Waals surface area contributed by atoms with Crippen LogP contribution in [0.4, 0.5) is 5.69 Å². The Labute approximate surface area is 137 Å². The van der Waals surface area contributed by atoms with Gasteiger partial charge >= 0.3 is 0 Å². The number of hydrogen-bond donors (Lipinski definition) is 0. The van der Waals surface area contributed by atoms with Gasteiger partial charge in [0.05, 0.1) is 12.8 Å². The zero-order valence-corrected chi connectivity index (χ0v) is 13.9. The number of benzene rings is 1. The molecule has 3 rings (SSSR count). The molecule has 2 aliphatic rings. The van der Waals surface area contributed by atoms with Crippen LogP contribution in [-0.2, 0) is 16.0 Å². The van der Waals surface area contributed by atoms with E-state index in [1.807, 2.05) is 21.9 Å². The van der Waals surface area contributed by atoms with E-state index in [0.29, 0.717) is 13.1 Å². The van der Waals surface area contributed by atoms with E-state index in [4.69, 9.17) is 4.74 Å². The summed E-state index contributed by atoms with van der Waals surface area (Å²) < 4.78 is 5.31. The van der Waals surface area contributed by atoms with Gasteiger partial charge in [0.25, 0.3) is 0 Å². The third-order valence-corrected chi connectivity index (χ3v) is 4.97. The van der Waals surface area contributed by atoms with Crippen LogP contribution in [0.3, 0.4) is 0 Å². The van der Waals surface area contributed by atoms with Gasteiger partial charge in [-0.15, -0.1) is 0 Å². The summed E-state index contributed by atoms with van der Waals surface area (Å²) in [4.78, 5) is 28.2. The molecular formula is C18H24N2O3. The molecule has 1 aromatic rings. The number of likely N-dealkylation sites (tertiary alicyclic amines) is 1. The number of rotatable bonds is 2. The monoisotopic (exact) mass is 316 g/mol. The van der Waals surface area contributed by atoms with Crippen molar-refractivity contribution in [2.45, 2.75) is 32.6 Å². The van der Waals surface area contributed by atoms with E-state index in [-0.39, 0.29) is 17.7 Å². The molecule has 0 saturated carbocycles. The quantitative estimate of drug-likeness (QED) is 0.841. The number of methoxy groups -OCH3 is 1. The first-order valence-electron chi connectivity index (χ1n) is 8.34. The van der Waals surface area contributed by atoms with Crippen molar-refractivity contribution in [1.82, 2.24) is 4.90 Å². The summed E-state index contributed by atoms with van der Waals surface area (Å²) >= 11 is 0. The Hall–Kier alpha value is -2.04. The minimum absolute atomic E-state index is 0.0164. The first kappa shape index (κ1) is 15.8. The molecule has 1 saturated heterocycles. The molecular weight excluding hydrogens is 292 g/mol. The summed E-state index contributed by atoms with van der Waals surface area (Å²) in [7, 11) is 1.65. The molecule has 0 radical (unpaired) electrons. The Morgan fingerprint density at radius 2 is 1.91 bits per heavy atom. The molecule has 2 aliphatic heterocycles. The number of nitrogens with zero attached hydrogens (tertiary/aromatic N) is 2. The third kappa shape index (κ3) is 3.19. The topological polar surface area (TPSA) is 49.9 Å². The minimum Gasteiger partial charge on any atom is -0.497 e. The molecule has 1 fully saturated rings. The van der Waals surface area contributed by atoms with Crippen LogP contribution < -0.4 is 9.64 Å². The summed E-state index contributed by atoms with van der Waals surface area (Å²) in [6, 6.07) is 5.99. The Morgan fingerprint density at radius 3 is 2.57 bits per heavy atom. The molecule has 1 aromatic carbocycles. The number of carbonyl (C=O) groups excluding carboxylic acids is 2. The number of piperidine rings is 1. The largest absolute Gasteiger partial charge is 0.497 e. The molecule has 124 valence electrons. The van der Waals surface area contributed by atoms with Crippen LogP contribution in [0.2, 0.25) is 0 Å². The molecule has 0 atom stereocenters. The second-order valence-electron chi connectivity index (χ2n) is 6.37. The van der Waals surface area contributed by atoms with Crippen LogP contribution >= 0.6 is 0 Å². The number of aryl methyl sites for hydroxylation is 1. The molecule has 0 aliphatic carbocycles. The van der Waals surface area contributed by atoms with Crippen LogP contribution in [0.15, 0.2) is 18.2 Å². The van der Waals surface area contributed by atoms with Crippen molar-refractivity contribution in [2.75, 3.05) is 31.6 Å². The van der Waals surface area contributed by atoms with Gasteiger partial charge in [-0.1, -0.05) is 6.07 Å². The van der Waals surface area contributed by atoms with Gasteiger partial charge in [0.2, 0.25) is 11.8 Å². The normalized spacial score (nSPS) is 18.5. The van der Waals surface area contributed by atoms with E-state index in [2.05, 4.69) is 6.07 Å².